The topological polar surface area (TPSA) is 52.7 Å². The van der Waals surface area contributed by atoms with Crippen LogP contribution in [0.1, 0.15) is 12.5 Å². The van der Waals surface area contributed by atoms with E-state index in [1.807, 2.05) is 67.8 Å². The lowest BCUT2D eigenvalue weighted by Crippen LogP contribution is -2.46. The van der Waals surface area contributed by atoms with Crippen LogP contribution in [-0.4, -0.2) is 54.6 Å². The fourth-order valence-electron chi connectivity index (χ4n) is 2.74. The van der Waals surface area contributed by atoms with Gasteiger partial charge in [-0.05, 0) is 37.9 Å². The number of nitrogens with zero attached hydrogens (tertiary/aromatic N) is 2. The first-order valence-corrected chi connectivity index (χ1v) is 10.1. The molecule has 0 unspecified atom stereocenters. The molecular formula is C21H27N3O2S. The average Bonchev–Trinajstić information content (AvgIpc) is 2.67. The highest BCUT2D eigenvalue weighted by molar-refractivity contribution is 7.98. The highest BCUT2D eigenvalue weighted by Crippen LogP contribution is 2.24. The predicted octanol–water partition coefficient (Wildman–Crippen LogP) is 3.33. The van der Waals surface area contributed by atoms with Crippen LogP contribution in [0.5, 0.6) is 0 Å². The summed E-state index contributed by atoms with van der Waals surface area (Å²) in [4.78, 5) is 29.5. The SMILES string of the molecule is CSc1ccccc1NC(=O)CN(C)[C@H](C)C(=O)N(C)Cc1ccccc1. The molecule has 0 fully saturated rings. The van der Waals surface area contributed by atoms with Crippen molar-refractivity contribution in [1.29, 1.82) is 0 Å². The highest BCUT2D eigenvalue weighted by Gasteiger charge is 2.23. The number of amides is 2. The van der Waals surface area contributed by atoms with Crippen molar-refractivity contribution in [1.82, 2.24) is 9.80 Å². The standard InChI is InChI=1S/C21H27N3O2S/c1-16(21(26)24(3)14-17-10-6-5-7-11-17)23(2)15-20(25)22-18-12-8-9-13-19(18)27-4/h5-13,16H,14-15H2,1-4H3,(H,22,25)/t16-/m1/s1. The summed E-state index contributed by atoms with van der Waals surface area (Å²) in [6.07, 6.45) is 1.97. The molecule has 1 atom stereocenters. The number of thioether (sulfide) groups is 1. The summed E-state index contributed by atoms with van der Waals surface area (Å²) in [5.41, 5.74) is 1.87. The number of hydrogen-bond acceptors (Lipinski definition) is 4. The quantitative estimate of drug-likeness (QED) is 0.708. The maximum atomic E-state index is 12.7. The van der Waals surface area contributed by atoms with Crippen molar-refractivity contribution in [2.24, 2.45) is 0 Å². The number of para-hydroxylation sites is 1. The zero-order chi connectivity index (χ0) is 19.8. The molecule has 5 nitrogen and oxygen atoms in total. The van der Waals surface area contributed by atoms with Crippen molar-refractivity contribution in [3.63, 3.8) is 0 Å². The first-order chi connectivity index (χ1) is 12.9. The fraction of sp³-hybridized carbons (Fsp3) is 0.333. The number of likely N-dealkylation sites (N-methyl/N-ethyl adjacent to an activating group) is 2. The molecule has 0 saturated heterocycles. The molecule has 2 aromatic rings. The van der Waals surface area contributed by atoms with Crippen molar-refractivity contribution >= 4 is 29.3 Å². The summed E-state index contributed by atoms with van der Waals surface area (Å²) in [6.45, 7) is 2.52. The molecule has 0 aliphatic rings. The second kappa shape index (κ2) is 10.1. The zero-order valence-corrected chi connectivity index (χ0v) is 17.1. The van der Waals surface area contributed by atoms with E-state index in [0.29, 0.717) is 6.54 Å². The summed E-state index contributed by atoms with van der Waals surface area (Å²) in [7, 11) is 3.58. The van der Waals surface area contributed by atoms with Crippen molar-refractivity contribution < 1.29 is 9.59 Å². The third-order valence-corrected chi connectivity index (χ3v) is 5.23. The van der Waals surface area contributed by atoms with E-state index in [0.717, 1.165) is 16.1 Å². The van der Waals surface area contributed by atoms with Crippen LogP contribution in [0.2, 0.25) is 0 Å². The Balaban J connectivity index is 1.90. The van der Waals surface area contributed by atoms with Gasteiger partial charge >= 0.3 is 0 Å². The third-order valence-electron chi connectivity index (χ3n) is 4.43. The van der Waals surface area contributed by atoms with Crippen LogP contribution in [0.25, 0.3) is 0 Å². The van der Waals surface area contributed by atoms with E-state index in [-0.39, 0.29) is 24.4 Å². The molecule has 2 aromatic carbocycles. The Hall–Kier alpha value is -2.31. The maximum Gasteiger partial charge on any atom is 0.239 e. The Morgan fingerprint density at radius 1 is 1.04 bits per heavy atom. The predicted molar refractivity (Wildman–Crippen MR) is 112 cm³/mol. The Labute approximate surface area is 165 Å². The molecule has 0 saturated carbocycles. The lowest BCUT2D eigenvalue weighted by Gasteiger charge is -2.28. The number of benzene rings is 2. The minimum atomic E-state index is -0.389. The molecular weight excluding hydrogens is 358 g/mol. The molecule has 2 rings (SSSR count). The van der Waals surface area contributed by atoms with Gasteiger partial charge in [-0.1, -0.05) is 42.5 Å². The monoisotopic (exact) mass is 385 g/mol. The van der Waals surface area contributed by atoms with E-state index in [2.05, 4.69) is 5.32 Å². The second-order valence-electron chi connectivity index (χ2n) is 6.52. The molecule has 0 radical (unpaired) electrons. The largest absolute Gasteiger partial charge is 0.340 e. The Morgan fingerprint density at radius 3 is 2.33 bits per heavy atom. The molecule has 0 spiro atoms. The highest BCUT2D eigenvalue weighted by atomic mass is 32.2. The minimum absolute atomic E-state index is 0.0151. The van der Waals surface area contributed by atoms with Crippen molar-refractivity contribution in [2.45, 2.75) is 24.4 Å². The molecule has 0 aromatic heterocycles. The van der Waals surface area contributed by atoms with E-state index in [1.165, 1.54) is 0 Å². The molecule has 0 bridgehead atoms. The van der Waals surface area contributed by atoms with Crippen LogP contribution in [0.4, 0.5) is 5.69 Å². The van der Waals surface area contributed by atoms with Crippen molar-refractivity contribution in [2.75, 3.05) is 32.2 Å². The van der Waals surface area contributed by atoms with E-state index in [4.69, 9.17) is 0 Å². The van der Waals surface area contributed by atoms with Gasteiger partial charge in [-0.3, -0.25) is 14.5 Å². The number of nitrogens with one attached hydrogen (secondary N) is 1. The third kappa shape index (κ3) is 6.12. The van der Waals surface area contributed by atoms with Gasteiger partial charge in [0.15, 0.2) is 0 Å². The van der Waals surface area contributed by atoms with E-state index >= 15 is 0 Å². The first-order valence-electron chi connectivity index (χ1n) is 8.84. The summed E-state index contributed by atoms with van der Waals surface area (Å²) < 4.78 is 0. The number of carbonyl (C=O) groups is 2. The van der Waals surface area contributed by atoms with Gasteiger partial charge in [-0.2, -0.15) is 0 Å². The molecule has 0 heterocycles. The molecule has 0 aliphatic heterocycles. The lowest BCUT2D eigenvalue weighted by molar-refractivity contribution is -0.135. The second-order valence-corrected chi connectivity index (χ2v) is 7.37. The molecule has 144 valence electrons. The van der Waals surface area contributed by atoms with Gasteiger partial charge in [-0.15, -0.1) is 11.8 Å². The Morgan fingerprint density at radius 2 is 1.67 bits per heavy atom. The Kier molecular flexibility index (Phi) is 7.88. The molecule has 1 N–H and O–H groups in total. The van der Waals surface area contributed by atoms with Crippen LogP contribution >= 0.6 is 11.8 Å². The van der Waals surface area contributed by atoms with Crippen molar-refractivity contribution in [3.05, 3.63) is 60.2 Å². The molecule has 2 amide bonds. The maximum absolute atomic E-state index is 12.7. The van der Waals surface area contributed by atoms with Gasteiger partial charge in [0.1, 0.15) is 0 Å². The summed E-state index contributed by atoms with van der Waals surface area (Å²) in [6, 6.07) is 17.2. The number of rotatable bonds is 8. The van der Waals surface area contributed by atoms with Crippen LogP contribution in [0.15, 0.2) is 59.5 Å². The number of anilines is 1. The number of carbonyl (C=O) groups excluding carboxylic acids is 2. The van der Waals surface area contributed by atoms with Gasteiger partial charge in [0.2, 0.25) is 11.8 Å². The Bertz CT molecular complexity index is 767. The van der Waals surface area contributed by atoms with Gasteiger partial charge in [0.25, 0.3) is 0 Å². The van der Waals surface area contributed by atoms with Gasteiger partial charge < -0.3 is 10.2 Å². The smallest absolute Gasteiger partial charge is 0.239 e. The zero-order valence-electron chi connectivity index (χ0n) is 16.3. The molecule has 0 aliphatic carbocycles. The summed E-state index contributed by atoms with van der Waals surface area (Å²) in [5, 5.41) is 2.93. The average molecular weight is 386 g/mol. The van der Waals surface area contributed by atoms with Crippen molar-refractivity contribution in [3.8, 4) is 0 Å². The van der Waals surface area contributed by atoms with Gasteiger partial charge in [-0.25, -0.2) is 0 Å². The van der Waals surface area contributed by atoms with Crippen LogP contribution < -0.4 is 5.32 Å². The summed E-state index contributed by atoms with van der Waals surface area (Å²) >= 11 is 1.58. The van der Waals surface area contributed by atoms with E-state index < -0.39 is 0 Å². The van der Waals surface area contributed by atoms with Crippen LogP contribution in [-0.2, 0) is 16.1 Å². The van der Waals surface area contributed by atoms with E-state index in [1.54, 1.807) is 35.7 Å². The normalized spacial score (nSPS) is 11.9. The number of hydrogen-bond donors (Lipinski definition) is 1. The fourth-order valence-corrected chi connectivity index (χ4v) is 3.30. The molecule has 27 heavy (non-hydrogen) atoms. The first kappa shape index (κ1) is 21.0. The van der Waals surface area contributed by atoms with Gasteiger partial charge in [0, 0.05) is 18.5 Å². The molecule has 6 heteroatoms. The van der Waals surface area contributed by atoms with Gasteiger partial charge in [0.05, 0.1) is 18.3 Å². The summed E-state index contributed by atoms with van der Waals surface area (Å²) in [5.74, 6) is -0.150. The van der Waals surface area contributed by atoms with Crippen LogP contribution in [0, 0.1) is 0 Å². The van der Waals surface area contributed by atoms with Crippen LogP contribution in [0.3, 0.4) is 0 Å². The minimum Gasteiger partial charge on any atom is -0.340 e. The van der Waals surface area contributed by atoms with E-state index in [9.17, 15) is 9.59 Å². The lowest BCUT2D eigenvalue weighted by atomic mass is 10.2.